The Hall–Kier alpha value is 1.58. The number of carbonyl (C=O) groups is 2. The van der Waals surface area contributed by atoms with Gasteiger partial charge in [0, 0.05) is 0 Å². The second-order valence-electron chi connectivity index (χ2n) is 6.37. The van der Waals surface area contributed by atoms with Crippen LogP contribution >= 0.6 is 0 Å². The molecule has 0 aromatic rings. The molecule has 0 aliphatic heterocycles. The summed E-state index contributed by atoms with van der Waals surface area (Å²) in [5, 5.41) is 18.6. The minimum atomic E-state index is -1.57. The first-order valence-corrected chi connectivity index (χ1v) is 8.98. The molecule has 4 nitrogen and oxygen atoms in total. The van der Waals surface area contributed by atoms with Crippen LogP contribution in [0.1, 0.15) is 97.3 Å². The van der Waals surface area contributed by atoms with Gasteiger partial charge in [0.15, 0.2) is 5.41 Å². The van der Waals surface area contributed by atoms with Gasteiger partial charge in [0.2, 0.25) is 0 Å². The number of hydrogen-bond donors (Lipinski definition) is 2. The standard InChI is InChI=1S/C18H34O4.K.Na.2H/c1-3-5-6-7-8-9-10-11-12-13-15-18(14-4-2,16(19)20)17(21)22;;;;/h3-15H2,1-2H3,(H,19,20)(H,21,22);;;;. The van der Waals surface area contributed by atoms with Gasteiger partial charge in [-0.1, -0.05) is 84.5 Å². The second-order valence-corrected chi connectivity index (χ2v) is 6.37. The predicted molar refractivity (Wildman–Crippen MR) is 103 cm³/mol. The van der Waals surface area contributed by atoms with Crippen molar-refractivity contribution >= 4 is 92.9 Å². The molecule has 6 heteroatoms. The third-order valence-corrected chi connectivity index (χ3v) is 4.45. The Balaban J connectivity index is -0.00000220. The van der Waals surface area contributed by atoms with Crippen molar-refractivity contribution in [3.63, 3.8) is 0 Å². The van der Waals surface area contributed by atoms with Gasteiger partial charge in [0.25, 0.3) is 0 Å². The Morgan fingerprint density at radius 2 is 1.04 bits per heavy atom. The summed E-state index contributed by atoms with van der Waals surface area (Å²) in [6.07, 6.45) is 12.7. The van der Waals surface area contributed by atoms with Gasteiger partial charge < -0.3 is 10.2 Å². The molecule has 0 rings (SSSR count). The summed E-state index contributed by atoms with van der Waals surface area (Å²) in [4.78, 5) is 22.7. The summed E-state index contributed by atoms with van der Waals surface area (Å²) >= 11 is 0. The van der Waals surface area contributed by atoms with Gasteiger partial charge >= 0.3 is 92.9 Å². The number of rotatable bonds is 15. The fraction of sp³-hybridized carbons (Fsp3) is 0.889. The van der Waals surface area contributed by atoms with E-state index in [0.29, 0.717) is 12.8 Å². The van der Waals surface area contributed by atoms with Gasteiger partial charge in [0.05, 0.1) is 0 Å². The van der Waals surface area contributed by atoms with E-state index in [1.54, 1.807) is 0 Å². The molecular formula is C18H36KNaO4. The van der Waals surface area contributed by atoms with E-state index in [1.165, 1.54) is 44.9 Å². The molecule has 0 aliphatic rings. The van der Waals surface area contributed by atoms with Crippen molar-refractivity contribution < 1.29 is 19.8 Å². The number of hydrogen-bond acceptors (Lipinski definition) is 2. The number of unbranched alkanes of at least 4 members (excludes halogenated alkanes) is 9. The SMILES string of the molecule is CCCCCCCCCCCCC(CCC)(C(=O)O)C(=O)O.[KH].[NaH]. The van der Waals surface area contributed by atoms with Gasteiger partial charge in [-0.2, -0.15) is 0 Å². The van der Waals surface area contributed by atoms with Gasteiger partial charge in [-0.25, -0.2) is 0 Å². The Bertz CT molecular complexity index is 310. The average Bonchev–Trinajstić information content (AvgIpc) is 2.47. The molecule has 2 N–H and O–H groups in total. The molecular weight excluding hydrogens is 342 g/mol. The van der Waals surface area contributed by atoms with Crippen molar-refractivity contribution in [2.45, 2.75) is 97.3 Å². The molecule has 0 saturated heterocycles. The molecule has 0 aromatic carbocycles. The quantitative estimate of drug-likeness (QED) is 0.257. The maximum atomic E-state index is 11.4. The normalized spacial score (nSPS) is 10.6. The maximum absolute atomic E-state index is 11.4. The molecule has 0 saturated carbocycles. The summed E-state index contributed by atoms with van der Waals surface area (Å²) < 4.78 is 0. The predicted octanol–water partition coefficient (Wildman–Crippen LogP) is 3.96. The fourth-order valence-electron chi connectivity index (χ4n) is 2.99. The minimum absolute atomic E-state index is 0. The second kappa shape index (κ2) is 19.3. The molecule has 24 heavy (non-hydrogen) atoms. The van der Waals surface area contributed by atoms with Gasteiger partial charge in [-0.15, -0.1) is 0 Å². The average molecular weight is 379 g/mol. The van der Waals surface area contributed by atoms with Gasteiger partial charge in [0.1, 0.15) is 0 Å². The number of aliphatic carboxylic acids is 2. The molecule has 0 aliphatic carbocycles. The summed E-state index contributed by atoms with van der Waals surface area (Å²) in [6, 6.07) is 0. The van der Waals surface area contributed by atoms with Crippen molar-refractivity contribution in [3.8, 4) is 0 Å². The van der Waals surface area contributed by atoms with Crippen LogP contribution in [0.4, 0.5) is 0 Å². The Morgan fingerprint density at radius 3 is 1.38 bits per heavy atom. The molecule has 0 radical (unpaired) electrons. The topological polar surface area (TPSA) is 74.6 Å². The first-order valence-electron chi connectivity index (χ1n) is 8.98. The van der Waals surface area contributed by atoms with Crippen LogP contribution in [-0.4, -0.2) is 103 Å². The molecule has 0 spiro atoms. The first kappa shape index (κ1) is 30.3. The van der Waals surface area contributed by atoms with Gasteiger partial charge in [-0.05, 0) is 12.8 Å². The van der Waals surface area contributed by atoms with E-state index in [4.69, 9.17) is 0 Å². The Morgan fingerprint density at radius 1 is 0.667 bits per heavy atom. The van der Waals surface area contributed by atoms with E-state index in [0.717, 1.165) is 12.8 Å². The van der Waals surface area contributed by atoms with Crippen molar-refractivity contribution in [1.82, 2.24) is 0 Å². The number of carboxylic acids is 2. The van der Waals surface area contributed by atoms with E-state index < -0.39 is 17.4 Å². The van der Waals surface area contributed by atoms with E-state index >= 15 is 0 Å². The molecule has 0 heterocycles. The zero-order valence-electron chi connectivity index (χ0n) is 14.4. The summed E-state index contributed by atoms with van der Waals surface area (Å²) in [7, 11) is 0. The zero-order chi connectivity index (χ0) is 16.8. The summed E-state index contributed by atoms with van der Waals surface area (Å²) in [5.41, 5.74) is -1.57. The van der Waals surface area contributed by atoms with Crippen molar-refractivity contribution in [2.24, 2.45) is 5.41 Å². The van der Waals surface area contributed by atoms with E-state index in [-0.39, 0.29) is 93.8 Å². The third kappa shape index (κ3) is 12.9. The van der Waals surface area contributed by atoms with Crippen LogP contribution < -0.4 is 0 Å². The summed E-state index contributed by atoms with van der Waals surface area (Å²) in [5.74, 6) is -2.37. The molecule has 0 atom stereocenters. The first-order chi connectivity index (χ1) is 10.5. The fourth-order valence-corrected chi connectivity index (χ4v) is 2.99. The van der Waals surface area contributed by atoms with Crippen LogP contribution in [0.25, 0.3) is 0 Å². The summed E-state index contributed by atoms with van der Waals surface area (Å²) in [6.45, 7) is 4.05. The van der Waals surface area contributed by atoms with E-state index in [1.807, 2.05) is 6.92 Å². The van der Waals surface area contributed by atoms with E-state index in [9.17, 15) is 19.8 Å². The van der Waals surface area contributed by atoms with Crippen LogP contribution in [0.15, 0.2) is 0 Å². The van der Waals surface area contributed by atoms with E-state index in [2.05, 4.69) is 6.92 Å². The number of carboxylic acid groups (broad SMARTS) is 2. The van der Waals surface area contributed by atoms with Crippen molar-refractivity contribution in [1.29, 1.82) is 0 Å². The van der Waals surface area contributed by atoms with Crippen LogP contribution in [0.5, 0.6) is 0 Å². The zero-order valence-corrected chi connectivity index (χ0v) is 14.4. The molecule has 0 unspecified atom stereocenters. The Labute approximate surface area is 212 Å². The van der Waals surface area contributed by atoms with Crippen LogP contribution in [0, 0.1) is 5.41 Å². The van der Waals surface area contributed by atoms with Crippen LogP contribution in [0.3, 0.4) is 0 Å². The Kier molecular flexibility index (Phi) is 24.4. The van der Waals surface area contributed by atoms with Crippen LogP contribution in [-0.2, 0) is 9.59 Å². The molecule has 0 bridgehead atoms. The molecule has 134 valence electrons. The molecule has 0 aromatic heterocycles. The van der Waals surface area contributed by atoms with Gasteiger partial charge in [-0.3, -0.25) is 9.59 Å². The molecule has 0 amide bonds. The monoisotopic (exact) mass is 378 g/mol. The van der Waals surface area contributed by atoms with Crippen LogP contribution in [0.2, 0.25) is 0 Å². The molecule has 0 fully saturated rings. The third-order valence-electron chi connectivity index (χ3n) is 4.45. The van der Waals surface area contributed by atoms with Crippen molar-refractivity contribution in [3.05, 3.63) is 0 Å². The van der Waals surface area contributed by atoms with Crippen molar-refractivity contribution in [2.75, 3.05) is 0 Å².